The molecule has 0 saturated carbocycles. The van der Waals surface area contributed by atoms with Gasteiger partial charge in [-0.15, -0.1) is 36.2 Å². The van der Waals surface area contributed by atoms with Gasteiger partial charge in [-0.2, -0.15) is 0 Å². The Kier molecular flexibility index (Phi) is 8.00. The minimum Gasteiger partial charge on any atom is -0.328 e. The van der Waals surface area contributed by atoms with Crippen molar-refractivity contribution in [2.24, 2.45) is 11.7 Å². The lowest BCUT2D eigenvalue weighted by molar-refractivity contribution is 0.307. The lowest BCUT2D eigenvalue weighted by atomic mass is 9.93. The van der Waals surface area contributed by atoms with Crippen LogP contribution >= 0.6 is 36.2 Å². The summed E-state index contributed by atoms with van der Waals surface area (Å²) in [6.07, 6.45) is 1.23. The van der Waals surface area contributed by atoms with Crippen molar-refractivity contribution in [3.05, 3.63) is 16.1 Å². The molecule has 1 aliphatic rings. The maximum absolute atomic E-state index is 5.97. The lowest BCUT2D eigenvalue weighted by Gasteiger charge is -2.17. The Balaban J connectivity index is 0.00000180. The average molecular weight is 340 g/mol. The first-order valence-corrected chi connectivity index (χ1v) is 7.67. The molecule has 1 aromatic heterocycles. The van der Waals surface area contributed by atoms with E-state index in [0.717, 1.165) is 19.6 Å². The van der Waals surface area contributed by atoms with Gasteiger partial charge >= 0.3 is 0 Å². The van der Waals surface area contributed by atoms with Crippen molar-refractivity contribution < 1.29 is 0 Å². The zero-order chi connectivity index (χ0) is 13.3. The summed E-state index contributed by atoms with van der Waals surface area (Å²) in [4.78, 5) is 7.25. The maximum Gasteiger partial charge on any atom is 0.107 e. The summed E-state index contributed by atoms with van der Waals surface area (Å²) in [5.74, 6) is 0.659. The van der Waals surface area contributed by atoms with Crippen LogP contribution in [0.25, 0.3) is 0 Å². The Morgan fingerprint density at radius 2 is 2.10 bits per heavy atom. The lowest BCUT2D eigenvalue weighted by Crippen LogP contribution is -2.29. The third-order valence-electron chi connectivity index (χ3n) is 3.73. The predicted molar refractivity (Wildman–Crippen MR) is 92.3 cm³/mol. The maximum atomic E-state index is 5.97. The Bertz CT molecular complexity index is 401. The summed E-state index contributed by atoms with van der Waals surface area (Å²) in [7, 11) is 0. The molecule has 0 aliphatic carbocycles. The highest BCUT2D eigenvalue weighted by molar-refractivity contribution is 7.09. The summed E-state index contributed by atoms with van der Waals surface area (Å²) in [5.41, 5.74) is 7.35. The molecule has 118 valence electrons. The van der Waals surface area contributed by atoms with Crippen LogP contribution in [0.3, 0.4) is 0 Å². The molecule has 6 heteroatoms. The largest absolute Gasteiger partial charge is 0.328 e. The van der Waals surface area contributed by atoms with Crippen LogP contribution in [0.1, 0.15) is 44.8 Å². The Morgan fingerprint density at radius 1 is 1.45 bits per heavy atom. The van der Waals surface area contributed by atoms with Crippen LogP contribution in [0.2, 0.25) is 0 Å². The molecule has 2 unspecified atom stereocenters. The van der Waals surface area contributed by atoms with E-state index in [2.05, 4.69) is 38.0 Å². The molecule has 1 fully saturated rings. The van der Waals surface area contributed by atoms with Gasteiger partial charge in [-0.3, -0.25) is 4.90 Å². The Morgan fingerprint density at radius 3 is 2.55 bits per heavy atom. The fourth-order valence-electron chi connectivity index (χ4n) is 2.35. The number of halogens is 2. The molecular weight excluding hydrogens is 313 g/mol. The monoisotopic (exact) mass is 339 g/mol. The number of nitrogens with zero attached hydrogens (tertiary/aromatic N) is 2. The standard InChI is InChI=1S/C14H25N3S.2ClH/c1-10(15)11-5-6-17(7-11)8-13-16-12(9-18-13)14(2,3)4;;/h9-11H,5-8,15H2,1-4H3;2*1H. The van der Waals surface area contributed by atoms with Gasteiger partial charge < -0.3 is 5.73 Å². The molecule has 2 atom stereocenters. The first-order chi connectivity index (χ1) is 8.36. The minimum atomic E-state index is 0. The smallest absolute Gasteiger partial charge is 0.107 e. The number of nitrogens with two attached hydrogens (primary N) is 1. The number of hydrogen-bond donors (Lipinski definition) is 1. The van der Waals surface area contributed by atoms with E-state index in [0.29, 0.717) is 12.0 Å². The minimum absolute atomic E-state index is 0. The summed E-state index contributed by atoms with van der Waals surface area (Å²) in [5, 5.41) is 3.44. The van der Waals surface area contributed by atoms with E-state index in [1.54, 1.807) is 11.3 Å². The molecule has 0 spiro atoms. The van der Waals surface area contributed by atoms with E-state index in [1.807, 2.05) is 0 Å². The van der Waals surface area contributed by atoms with Crippen LogP contribution in [0.4, 0.5) is 0 Å². The molecule has 1 saturated heterocycles. The van der Waals surface area contributed by atoms with Crippen molar-refractivity contribution in [3.8, 4) is 0 Å². The van der Waals surface area contributed by atoms with Crippen molar-refractivity contribution in [2.45, 2.75) is 52.1 Å². The Labute approximate surface area is 139 Å². The van der Waals surface area contributed by atoms with Crippen molar-refractivity contribution >= 4 is 36.2 Å². The molecule has 2 rings (SSSR count). The zero-order valence-corrected chi connectivity index (χ0v) is 15.2. The molecule has 3 nitrogen and oxygen atoms in total. The summed E-state index contributed by atoms with van der Waals surface area (Å²) < 4.78 is 0. The van der Waals surface area contributed by atoms with Crippen LogP contribution in [-0.4, -0.2) is 29.0 Å². The van der Waals surface area contributed by atoms with Gasteiger partial charge in [0, 0.05) is 23.4 Å². The van der Waals surface area contributed by atoms with Crippen LogP contribution in [0.15, 0.2) is 5.38 Å². The highest BCUT2D eigenvalue weighted by Crippen LogP contribution is 2.26. The molecule has 0 aromatic carbocycles. The number of aromatic nitrogens is 1. The van der Waals surface area contributed by atoms with E-state index in [1.165, 1.54) is 17.1 Å². The average Bonchev–Trinajstić information content (AvgIpc) is 2.85. The van der Waals surface area contributed by atoms with E-state index < -0.39 is 0 Å². The quantitative estimate of drug-likeness (QED) is 0.916. The van der Waals surface area contributed by atoms with Crippen molar-refractivity contribution in [1.82, 2.24) is 9.88 Å². The van der Waals surface area contributed by atoms with Crippen molar-refractivity contribution in [2.75, 3.05) is 13.1 Å². The molecule has 2 N–H and O–H groups in total. The second-order valence-electron chi connectivity index (χ2n) is 6.52. The van der Waals surface area contributed by atoms with Crippen LogP contribution < -0.4 is 5.73 Å². The van der Waals surface area contributed by atoms with E-state index in [4.69, 9.17) is 10.7 Å². The van der Waals surface area contributed by atoms with E-state index in [-0.39, 0.29) is 30.2 Å². The van der Waals surface area contributed by atoms with Gasteiger partial charge in [-0.1, -0.05) is 20.8 Å². The van der Waals surface area contributed by atoms with Gasteiger partial charge in [0.2, 0.25) is 0 Å². The van der Waals surface area contributed by atoms with Crippen LogP contribution in [0.5, 0.6) is 0 Å². The molecule has 2 heterocycles. The first-order valence-electron chi connectivity index (χ1n) is 6.79. The van der Waals surface area contributed by atoms with Crippen molar-refractivity contribution in [3.63, 3.8) is 0 Å². The summed E-state index contributed by atoms with van der Waals surface area (Å²) in [6.45, 7) is 12.0. The number of hydrogen-bond acceptors (Lipinski definition) is 4. The predicted octanol–water partition coefficient (Wildman–Crippen LogP) is 3.45. The van der Waals surface area contributed by atoms with Crippen LogP contribution in [0, 0.1) is 5.92 Å². The summed E-state index contributed by atoms with van der Waals surface area (Å²) in [6, 6.07) is 0.316. The third-order valence-corrected chi connectivity index (χ3v) is 4.57. The van der Waals surface area contributed by atoms with Gasteiger partial charge in [-0.25, -0.2) is 4.98 Å². The first kappa shape index (κ1) is 20.1. The molecular formula is C14H27Cl2N3S. The Hall–Kier alpha value is 0.130. The molecule has 1 aliphatic heterocycles. The highest BCUT2D eigenvalue weighted by Gasteiger charge is 2.26. The third kappa shape index (κ3) is 5.15. The van der Waals surface area contributed by atoms with Crippen molar-refractivity contribution in [1.29, 1.82) is 0 Å². The molecule has 0 bridgehead atoms. The second kappa shape index (κ2) is 7.95. The van der Waals surface area contributed by atoms with Gasteiger partial charge in [0.05, 0.1) is 12.2 Å². The topological polar surface area (TPSA) is 42.1 Å². The number of likely N-dealkylation sites (tertiary alicyclic amines) is 1. The SMILES string of the molecule is CC(N)C1CCN(Cc2nc(C(C)(C)C)cs2)C1.Cl.Cl. The second-order valence-corrected chi connectivity index (χ2v) is 7.46. The van der Waals surface area contributed by atoms with Gasteiger partial charge in [0.25, 0.3) is 0 Å². The summed E-state index contributed by atoms with van der Waals surface area (Å²) >= 11 is 1.79. The zero-order valence-electron chi connectivity index (χ0n) is 12.8. The van der Waals surface area contributed by atoms with Crippen LogP contribution in [-0.2, 0) is 12.0 Å². The number of rotatable bonds is 3. The highest BCUT2D eigenvalue weighted by atomic mass is 35.5. The normalized spacial score (nSPS) is 21.1. The van der Waals surface area contributed by atoms with Gasteiger partial charge in [-0.05, 0) is 25.8 Å². The fourth-order valence-corrected chi connectivity index (χ4v) is 3.42. The van der Waals surface area contributed by atoms with Gasteiger partial charge in [0.15, 0.2) is 0 Å². The van der Waals surface area contributed by atoms with E-state index in [9.17, 15) is 0 Å². The molecule has 0 amide bonds. The molecule has 0 radical (unpaired) electrons. The van der Waals surface area contributed by atoms with E-state index >= 15 is 0 Å². The molecule has 1 aromatic rings. The fraction of sp³-hybridized carbons (Fsp3) is 0.786. The van der Waals surface area contributed by atoms with Gasteiger partial charge in [0.1, 0.15) is 5.01 Å². The molecule has 20 heavy (non-hydrogen) atoms. The number of thiazole rings is 1.